The van der Waals surface area contributed by atoms with E-state index in [9.17, 15) is 5.11 Å². The van der Waals surface area contributed by atoms with Crippen molar-refractivity contribution in [2.24, 2.45) is 0 Å². The fourth-order valence-electron chi connectivity index (χ4n) is 1.70. The summed E-state index contributed by atoms with van der Waals surface area (Å²) >= 11 is 3.39. The van der Waals surface area contributed by atoms with Gasteiger partial charge in [0.15, 0.2) is 0 Å². The standard InChI is InChI=1S/C14H13BrO/c1-14(16,11-5-3-2-4-6-11)12-7-9-13(15)10-8-12/h2-10,16H,1H3. The fraction of sp³-hybridized carbons (Fsp3) is 0.143. The van der Waals surface area contributed by atoms with E-state index in [2.05, 4.69) is 15.9 Å². The monoisotopic (exact) mass is 276 g/mol. The normalized spacial score (nSPS) is 14.4. The van der Waals surface area contributed by atoms with Crippen LogP contribution in [0.25, 0.3) is 0 Å². The third-order valence-electron chi connectivity index (χ3n) is 2.74. The first-order valence-electron chi connectivity index (χ1n) is 5.14. The molecule has 0 aliphatic rings. The second kappa shape index (κ2) is 4.40. The predicted molar refractivity (Wildman–Crippen MR) is 69.3 cm³/mol. The highest BCUT2D eigenvalue weighted by atomic mass is 79.9. The van der Waals surface area contributed by atoms with E-state index >= 15 is 0 Å². The Morgan fingerprint density at radius 1 is 0.875 bits per heavy atom. The molecule has 1 N–H and O–H groups in total. The van der Waals surface area contributed by atoms with Gasteiger partial charge in [-0.25, -0.2) is 0 Å². The average Bonchev–Trinajstić information content (AvgIpc) is 2.31. The molecule has 0 aliphatic heterocycles. The number of rotatable bonds is 2. The van der Waals surface area contributed by atoms with E-state index in [1.165, 1.54) is 0 Å². The molecule has 0 radical (unpaired) electrons. The third kappa shape index (κ3) is 2.18. The largest absolute Gasteiger partial charge is 0.381 e. The van der Waals surface area contributed by atoms with E-state index in [-0.39, 0.29) is 0 Å². The average molecular weight is 277 g/mol. The number of halogens is 1. The Balaban J connectivity index is 2.43. The Labute approximate surface area is 104 Å². The van der Waals surface area contributed by atoms with Gasteiger partial charge in [-0.3, -0.25) is 0 Å². The van der Waals surface area contributed by atoms with Crippen LogP contribution in [0.1, 0.15) is 18.1 Å². The summed E-state index contributed by atoms with van der Waals surface area (Å²) in [7, 11) is 0. The van der Waals surface area contributed by atoms with Crippen molar-refractivity contribution in [1.29, 1.82) is 0 Å². The zero-order chi connectivity index (χ0) is 11.6. The molecule has 0 bridgehead atoms. The molecule has 1 unspecified atom stereocenters. The van der Waals surface area contributed by atoms with Gasteiger partial charge in [0, 0.05) is 4.47 Å². The minimum absolute atomic E-state index is 0.891. The summed E-state index contributed by atoms with van der Waals surface area (Å²) in [5.74, 6) is 0. The van der Waals surface area contributed by atoms with Crippen molar-refractivity contribution in [2.45, 2.75) is 12.5 Å². The van der Waals surface area contributed by atoms with Crippen LogP contribution in [0.3, 0.4) is 0 Å². The van der Waals surface area contributed by atoms with Crippen LogP contribution in [0.5, 0.6) is 0 Å². The molecule has 1 atom stereocenters. The number of aliphatic hydroxyl groups is 1. The van der Waals surface area contributed by atoms with Gasteiger partial charge in [0.1, 0.15) is 5.60 Å². The molecule has 0 spiro atoms. The number of benzene rings is 2. The molecule has 1 nitrogen and oxygen atoms in total. The van der Waals surface area contributed by atoms with Crippen molar-refractivity contribution >= 4 is 15.9 Å². The van der Waals surface area contributed by atoms with Gasteiger partial charge in [-0.2, -0.15) is 0 Å². The summed E-state index contributed by atoms with van der Waals surface area (Å²) in [5, 5.41) is 10.5. The molecule has 16 heavy (non-hydrogen) atoms. The summed E-state index contributed by atoms with van der Waals surface area (Å²) in [6, 6.07) is 17.4. The van der Waals surface area contributed by atoms with Crippen molar-refractivity contribution in [3.63, 3.8) is 0 Å². The van der Waals surface area contributed by atoms with Crippen molar-refractivity contribution < 1.29 is 5.11 Å². The number of hydrogen-bond acceptors (Lipinski definition) is 1. The molecule has 0 aliphatic carbocycles. The van der Waals surface area contributed by atoms with E-state index in [1.54, 1.807) is 0 Å². The van der Waals surface area contributed by atoms with Gasteiger partial charge in [-0.05, 0) is 30.2 Å². The first-order chi connectivity index (χ1) is 7.60. The molecule has 0 fully saturated rings. The first kappa shape index (κ1) is 11.4. The van der Waals surface area contributed by atoms with Gasteiger partial charge < -0.3 is 5.11 Å². The molecule has 2 rings (SSSR count). The molecule has 0 amide bonds. The number of hydrogen-bond donors (Lipinski definition) is 1. The van der Waals surface area contributed by atoms with Crippen LogP contribution in [-0.2, 0) is 5.60 Å². The highest BCUT2D eigenvalue weighted by molar-refractivity contribution is 9.10. The van der Waals surface area contributed by atoms with Gasteiger partial charge in [-0.15, -0.1) is 0 Å². The maximum absolute atomic E-state index is 10.5. The topological polar surface area (TPSA) is 20.2 Å². The predicted octanol–water partition coefficient (Wildman–Crippen LogP) is 3.70. The summed E-state index contributed by atoms with van der Waals surface area (Å²) < 4.78 is 1.01. The molecule has 0 aromatic heterocycles. The van der Waals surface area contributed by atoms with Gasteiger partial charge >= 0.3 is 0 Å². The van der Waals surface area contributed by atoms with Gasteiger partial charge in [0.2, 0.25) is 0 Å². The zero-order valence-electron chi connectivity index (χ0n) is 9.02. The quantitative estimate of drug-likeness (QED) is 0.887. The summed E-state index contributed by atoms with van der Waals surface area (Å²) in [4.78, 5) is 0. The fourth-order valence-corrected chi connectivity index (χ4v) is 1.97. The van der Waals surface area contributed by atoms with Crippen LogP contribution >= 0.6 is 15.9 Å². The molecular weight excluding hydrogens is 264 g/mol. The summed E-state index contributed by atoms with van der Waals surface area (Å²) in [5.41, 5.74) is 0.848. The molecule has 2 aromatic rings. The molecule has 2 aromatic carbocycles. The van der Waals surface area contributed by atoms with Crippen molar-refractivity contribution in [1.82, 2.24) is 0 Å². The minimum atomic E-state index is -0.942. The van der Waals surface area contributed by atoms with Gasteiger partial charge in [0.25, 0.3) is 0 Å². The van der Waals surface area contributed by atoms with Crippen LogP contribution < -0.4 is 0 Å². The Morgan fingerprint density at radius 2 is 1.38 bits per heavy atom. The van der Waals surface area contributed by atoms with E-state index in [1.807, 2.05) is 61.5 Å². The Bertz CT molecular complexity index is 460. The van der Waals surface area contributed by atoms with Crippen LogP contribution in [0.4, 0.5) is 0 Å². The van der Waals surface area contributed by atoms with Crippen molar-refractivity contribution in [2.75, 3.05) is 0 Å². The molecule has 0 saturated carbocycles. The lowest BCUT2D eigenvalue weighted by atomic mass is 9.88. The van der Waals surface area contributed by atoms with E-state index < -0.39 is 5.60 Å². The molecule has 82 valence electrons. The maximum Gasteiger partial charge on any atom is 0.112 e. The summed E-state index contributed by atoms with van der Waals surface area (Å²) in [6.07, 6.45) is 0. The molecular formula is C14H13BrO. The molecule has 0 saturated heterocycles. The van der Waals surface area contributed by atoms with E-state index in [4.69, 9.17) is 0 Å². The highest BCUT2D eigenvalue weighted by Crippen LogP contribution is 2.29. The summed E-state index contributed by atoms with van der Waals surface area (Å²) in [6.45, 7) is 1.81. The van der Waals surface area contributed by atoms with Crippen LogP contribution in [0.2, 0.25) is 0 Å². The molecule has 2 heteroatoms. The second-order valence-electron chi connectivity index (χ2n) is 3.95. The Morgan fingerprint density at radius 3 is 1.94 bits per heavy atom. The Hall–Kier alpha value is -1.12. The van der Waals surface area contributed by atoms with Crippen molar-refractivity contribution in [3.8, 4) is 0 Å². The lowest BCUT2D eigenvalue weighted by molar-refractivity contribution is 0.102. The highest BCUT2D eigenvalue weighted by Gasteiger charge is 2.24. The first-order valence-corrected chi connectivity index (χ1v) is 5.94. The maximum atomic E-state index is 10.5. The van der Waals surface area contributed by atoms with E-state index in [0.29, 0.717) is 0 Å². The molecule has 0 heterocycles. The zero-order valence-corrected chi connectivity index (χ0v) is 10.6. The minimum Gasteiger partial charge on any atom is -0.381 e. The lowest BCUT2D eigenvalue weighted by Gasteiger charge is -2.24. The van der Waals surface area contributed by atoms with Crippen LogP contribution in [0, 0.1) is 0 Å². The third-order valence-corrected chi connectivity index (χ3v) is 3.27. The SMILES string of the molecule is CC(O)(c1ccccc1)c1ccc(Br)cc1. The van der Waals surface area contributed by atoms with E-state index in [0.717, 1.165) is 15.6 Å². The van der Waals surface area contributed by atoms with Crippen LogP contribution in [0.15, 0.2) is 59.1 Å². The van der Waals surface area contributed by atoms with Gasteiger partial charge in [-0.1, -0.05) is 58.4 Å². The smallest absolute Gasteiger partial charge is 0.112 e. The van der Waals surface area contributed by atoms with Crippen molar-refractivity contribution in [3.05, 3.63) is 70.2 Å². The Kier molecular flexibility index (Phi) is 3.13. The van der Waals surface area contributed by atoms with Gasteiger partial charge in [0.05, 0.1) is 0 Å². The lowest BCUT2D eigenvalue weighted by Crippen LogP contribution is -2.22. The van der Waals surface area contributed by atoms with Crippen LogP contribution in [-0.4, -0.2) is 5.11 Å². The second-order valence-corrected chi connectivity index (χ2v) is 4.86.